The predicted octanol–water partition coefficient (Wildman–Crippen LogP) is 7.53. The van der Waals surface area contributed by atoms with Gasteiger partial charge in [-0.25, -0.2) is 4.79 Å². The molecular formula is C30H29Cl2N7O2. The summed E-state index contributed by atoms with van der Waals surface area (Å²) in [5.74, 6) is 0.343. The number of nitrogens with zero attached hydrogens (tertiary/aromatic N) is 4. The highest BCUT2D eigenvalue weighted by atomic mass is 35.5. The highest BCUT2D eigenvalue weighted by Crippen LogP contribution is 2.40. The van der Waals surface area contributed by atoms with Crippen LogP contribution in [0.3, 0.4) is 0 Å². The van der Waals surface area contributed by atoms with Crippen LogP contribution in [0.2, 0.25) is 10.0 Å². The summed E-state index contributed by atoms with van der Waals surface area (Å²) in [6.45, 7) is 0. The molecule has 0 bridgehead atoms. The van der Waals surface area contributed by atoms with Crippen molar-refractivity contribution in [3.63, 3.8) is 0 Å². The maximum atomic E-state index is 13.9. The van der Waals surface area contributed by atoms with Crippen molar-refractivity contribution < 1.29 is 9.59 Å². The van der Waals surface area contributed by atoms with Crippen LogP contribution in [-0.4, -0.2) is 32.6 Å². The van der Waals surface area contributed by atoms with Gasteiger partial charge in [0.2, 0.25) is 0 Å². The fraction of sp³-hybridized carbons (Fsp3) is 0.300. The molecule has 0 radical (unpaired) electrons. The number of carbonyl (C=O) groups is 2. The number of hydrogen-bond acceptors (Lipinski definition) is 5. The Kier molecular flexibility index (Phi) is 7.89. The SMILES string of the molecule is O=C(Nc1nn[nH]n1)c1ccc2c(c1)CCC2N(C(=O)Nc1cc(Cl)cc(Cl)c1)c1ccc(C2CCCCC2)cc1. The van der Waals surface area contributed by atoms with Crippen LogP contribution in [0.15, 0.2) is 60.7 Å². The third-order valence-corrected chi connectivity index (χ3v) is 8.35. The lowest BCUT2D eigenvalue weighted by Crippen LogP contribution is -2.37. The number of anilines is 3. The summed E-state index contributed by atoms with van der Waals surface area (Å²) >= 11 is 12.4. The Hall–Kier alpha value is -3.95. The predicted molar refractivity (Wildman–Crippen MR) is 160 cm³/mol. The van der Waals surface area contributed by atoms with Gasteiger partial charge in [0.05, 0.1) is 6.04 Å². The summed E-state index contributed by atoms with van der Waals surface area (Å²) in [5, 5.41) is 19.8. The summed E-state index contributed by atoms with van der Waals surface area (Å²) in [4.78, 5) is 28.5. The zero-order chi connectivity index (χ0) is 28.3. The number of urea groups is 1. The Morgan fingerprint density at radius 2 is 1.63 bits per heavy atom. The Morgan fingerprint density at radius 1 is 0.878 bits per heavy atom. The first-order chi connectivity index (χ1) is 19.9. The lowest BCUT2D eigenvalue weighted by Gasteiger charge is -2.31. The quantitative estimate of drug-likeness (QED) is 0.215. The molecule has 3 aromatic carbocycles. The van der Waals surface area contributed by atoms with E-state index >= 15 is 0 Å². The molecule has 3 amide bonds. The summed E-state index contributed by atoms with van der Waals surface area (Å²) in [6, 6.07) is 18.4. The van der Waals surface area contributed by atoms with Crippen LogP contribution >= 0.6 is 23.2 Å². The third-order valence-electron chi connectivity index (χ3n) is 7.91. The molecule has 4 aromatic rings. The maximum Gasteiger partial charge on any atom is 0.326 e. The Balaban J connectivity index is 1.30. The smallest absolute Gasteiger partial charge is 0.307 e. The number of halogens is 2. The molecule has 2 aliphatic rings. The molecule has 11 heteroatoms. The monoisotopic (exact) mass is 589 g/mol. The zero-order valence-electron chi connectivity index (χ0n) is 22.2. The Bertz CT molecular complexity index is 1530. The van der Waals surface area contributed by atoms with Crippen molar-refractivity contribution >= 4 is 52.5 Å². The van der Waals surface area contributed by atoms with Gasteiger partial charge in [0.15, 0.2) is 0 Å². The van der Waals surface area contributed by atoms with Crippen molar-refractivity contribution in [2.24, 2.45) is 0 Å². The lowest BCUT2D eigenvalue weighted by molar-refractivity contribution is 0.102. The van der Waals surface area contributed by atoms with Crippen molar-refractivity contribution in [3.8, 4) is 0 Å². The number of carbonyl (C=O) groups excluding carboxylic acids is 2. The average Bonchev–Trinajstić information content (AvgIpc) is 3.63. The molecule has 1 fully saturated rings. The number of aromatic nitrogens is 4. The van der Waals surface area contributed by atoms with Gasteiger partial charge < -0.3 is 5.32 Å². The van der Waals surface area contributed by atoms with Crippen LogP contribution in [-0.2, 0) is 6.42 Å². The van der Waals surface area contributed by atoms with Gasteiger partial charge in [-0.3, -0.25) is 15.0 Å². The lowest BCUT2D eigenvalue weighted by atomic mass is 9.84. The molecule has 1 unspecified atom stereocenters. The van der Waals surface area contributed by atoms with Crippen LogP contribution in [0.5, 0.6) is 0 Å². The van der Waals surface area contributed by atoms with Gasteiger partial charge in [0, 0.05) is 27.0 Å². The Labute approximate surface area is 247 Å². The third kappa shape index (κ3) is 6.06. The summed E-state index contributed by atoms with van der Waals surface area (Å²) in [7, 11) is 0. The van der Waals surface area contributed by atoms with E-state index in [1.165, 1.54) is 37.7 Å². The van der Waals surface area contributed by atoms with Crippen LogP contribution in [0.25, 0.3) is 0 Å². The number of H-pyrrole nitrogens is 1. The first-order valence-electron chi connectivity index (χ1n) is 13.8. The van der Waals surface area contributed by atoms with Crippen molar-refractivity contribution in [2.75, 3.05) is 15.5 Å². The van der Waals surface area contributed by atoms with Gasteiger partial charge in [-0.05, 0) is 96.0 Å². The maximum absolute atomic E-state index is 13.9. The molecule has 41 heavy (non-hydrogen) atoms. The Morgan fingerprint density at radius 3 is 2.34 bits per heavy atom. The number of rotatable bonds is 6. The summed E-state index contributed by atoms with van der Waals surface area (Å²) < 4.78 is 0. The molecule has 1 heterocycles. The summed E-state index contributed by atoms with van der Waals surface area (Å²) in [6.07, 6.45) is 7.66. The van der Waals surface area contributed by atoms with E-state index in [-0.39, 0.29) is 23.9 Å². The largest absolute Gasteiger partial charge is 0.326 e. The van der Waals surface area contributed by atoms with Crippen molar-refractivity contribution in [3.05, 3.63) is 93.0 Å². The van der Waals surface area contributed by atoms with Crippen LogP contribution in [0.1, 0.15) is 77.5 Å². The molecule has 1 atom stereocenters. The first kappa shape index (κ1) is 27.2. The second-order valence-electron chi connectivity index (χ2n) is 10.5. The van der Waals surface area contributed by atoms with E-state index in [0.717, 1.165) is 23.2 Å². The molecule has 9 nitrogen and oxygen atoms in total. The van der Waals surface area contributed by atoms with Gasteiger partial charge in [0.1, 0.15) is 0 Å². The standard InChI is InChI=1S/C30H29Cl2N7O2/c31-22-15-23(32)17-24(16-22)33-30(41)39(25-10-6-19(7-11-25)18-4-2-1-3-5-18)27-13-9-20-14-21(8-12-26(20)27)28(40)34-29-35-37-38-36-29/h6-8,10-12,14-18,27H,1-5,9,13H2,(H,33,41)(H2,34,35,36,37,38,40). The van der Waals surface area contributed by atoms with Crippen molar-refractivity contribution in [2.45, 2.75) is 56.9 Å². The van der Waals surface area contributed by atoms with Gasteiger partial charge in [-0.2, -0.15) is 5.21 Å². The van der Waals surface area contributed by atoms with Crippen molar-refractivity contribution in [1.82, 2.24) is 20.6 Å². The van der Waals surface area contributed by atoms with E-state index < -0.39 is 0 Å². The van der Waals surface area contributed by atoms with Gasteiger partial charge in [-0.1, -0.05) is 65.8 Å². The summed E-state index contributed by atoms with van der Waals surface area (Å²) in [5.41, 5.74) is 5.13. The zero-order valence-corrected chi connectivity index (χ0v) is 23.8. The van der Waals surface area contributed by atoms with Gasteiger partial charge >= 0.3 is 6.03 Å². The molecule has 0 saturated heterocycles. The van der Waals surface area contributed by atoms with Gasteiger partial charge in [0.25, 0.3) is 11.9 Å². The van der Waals surface area contributed by atoms with Crippen LogP contribution in [0.4, 0.5) is 22.1 Å². The number of amides is 3. The van der Waals surface area contributed by atoms with E-state index in [9.17, 15) is 9.59 Å². The molecular weight excluding hydrogens is 561 g/mol. The van der Waals surface area contributed by atoms with E-state index in [4.69, 9.17) is 23.2 Å². The minimum atomic E-state index is -0.330. The number of aromatic amines is 1. The fourth-order valence-corrected chi connectivity index (χ4v) is 6.51. The second kappa shape index (κ2) is 11.9. The van der Waals surface area contributed by atoms with E-state index in [1.54, 1.807) is 29.2 Å². The van der Waals surface area contributed by atoms with E-state index in [0.29, 0.717) is 33.6 Å². The molecule has 1 saturated carbocycles. The highest BCUT2D eigenvalue weighted by molar-refractivity contribution is 6.35. The molecule has 6 rings (SSSR count). The molecule has 3 N–H and O–H groups in total. The van der Waals surface area contributed by atoms with Gasteiger partial charge in [-0.15, -0.1) is 5.10 Å². The topological polar surface area (TPSA) is 116 Å². The molecule has 210 valence electrons. The normalized spacial score (nSPS) is 16.7. The molecule has 2 aliphatic carbocycles. The van der Waals surface area contributed by atoms with E-state index in [1.807, 2.05) is 24.3 Å². The number of benzene rings is 3. The number of nitrogens with one attached hydrogen (secondary N) is 3. The number of hydrogen-bond donors (Lipinski definition) is 3. The number of aryl methyl sites for hydroxylation is 1. The molecule has 0 aliphatic heterocycles. The first-order valence-corrected chi connectivity index (χ1v) is 14.5. The van der Waals surface area contributed by atoms with E-state index in [2.05, 4.69) is 43.4 Å². The highest BCUT2D eigenvalue weighted by Gasteiger charge is 2.33. The number of fused-ring (bicyclic) bond motifs is 1. The number of tetrazole rings is 1. The molecule has 0 spiro atoms. The average molecular weight is 591 g/mol. The van der Waals surface area contributed by atoms with Crippen LogP contribution < -0.4 is 15.5 Å². The fourth-order valence-electron chi connectivity index (χ4n) is 5.98. The molecule has 1 aromatic heterocycles. The van der Waals surface area contributed by atoms with Crippen molar-refractivity contribution in [1.29, 1.82) is 0 Å². The minimum Gasteiger partial charge on any atom is -0.307 e. The second-order valence-corrected chi connectivity index (χ2v) is 11.4. The van der Waals surface area contributed by atoms with Crippen LogP contribution in [0, 0.1) is 0 Å². The minimum absolute atomic E-state index is 0.106.